The van der Waals surface area contributed by atoms with Crippen molar-refractivity contribution in [1.29, 1.82) is 0 Å². The zero-order chi connectivity index (χ0) is 12.1. The second kappa shape index (κ2) is 6.60. The molecule has 0 bridgehead atoms. The first-order valence-electron chi connectivity index (χ1n) is 5.50. The van der Waals surface area contributed by atoms with Crippen molar-refractivity contribution in [3.63, 3.8) is 0 Å². The van der Waals surface area contributed by atoms with Gasteiger partial charge in [-0.25, -0.2) is 4.79 Å². The Kier molecular flexibility index (Phi) is 5.76. The van der Waals surface area contributed by atoms with Crippen LogP contribution in [0.15, 0.2) is 21.9 Å². The van der Waals surface area contributed by atoms with E-state index in [0.717, 1.165) is 22.9 Å². The molecule has 0 N–H and O–H groups in total. The molecule has 16 heavy (non-hydrogen) atoms. The highest BCUT2D eigenvalue weighted by atomic mass is 79.9. The van der Waals surface area contributed by atoms with Crippen molar-refractivity contribution in [3.8, 4) is 0 Å². The van der Waals surface area contributed by atoms with Crippen LogP contribution in [0.1, 0.15) is 39.5 Å². The van der Waals surface area contributed by atoms with E-state index in [0.29, 0.717) is 5.76 Å². The van der Waals surface area contributed by atoms with Crippen LogP contribution in [0.5, 0.6) is 0 Å². The average Bonchev–Trinajstić information content (AvgIpc) is 2.61. The quantitative estimate of drug-likeness (QED) is 0.416. The minimum Gasteiger partial charge on any atom is -0.422 e. The van der Waals surface area contributed by atoms with E-state index in [4.69, 9.17) is 4.74 Å². The number of hydrogen-bond acceptors (Lipinski definition) is 2. The van der Waals surface area contributed by atoms with E-state index in [1.54, 1.807) is 0 Å². The fraction of sp³-hybridized carbons (Fsp3) is 0.583. The van der Waals surface area contributed by atoms with E-state index in [1.807, 2.05) is 13.0 Å². The third-order valence-corrected chi connectivity index (χ3v) is 3.80. The first-order valence-corrected chi connectivity index (χ1v) is 7.21. The monoisotopic (exact) mass is 350 g/mol. The van der Waals surface area contributed by atoms with Crippen LogP contribution in [0.3, 0.4) is 0 Å². The van der Waals surface area contributed by atoms with Gasteiger partial charge in [0.1, 0.15) is 5.76 Å². The minimum absolute atomic E-state index is 0.107. The minimum atomic E-state index is -0.229. The first kappa shape index (κ1) is 14.0. The van der Waals surface area contributed by atoms with Gasteiger partial charge in [0.25, 0.3) is 0 Å². The SMILES string of the molecule is CCCCCC(Br)C1=C/C(=C(\C)Br)OC1=O. The molecule has 0 fully saturated rings. The van der Waals surface area contributed by atoms with Gasteiger partial charge < -0.3 is 4.74 Å². The summed E-state index contributed by atoms with van der Waals surface area (Å²) >= 11 is 6.86. The number of carbonyl (C=O) groups excluding carboxylic acids is 1. The van der Waals surface area contributed by atoms with Crippen molar-refractivity contribution in [2.45, 2.75) is 44.4 Å². The highest BCUT2D eigenvalue weighted by molar-refractivity contribution is 9.11. The number of hydrogen-bond donors (Lipinski definition) is 0. The van der Waals surface area contributed by atoms with Crippen LogP contribution in [0.4, 0.5) is 0 Å². The molecule has 1 unspecified atom stereocenters. The van der Waals surface area contributed by atoms with Gasteiger partial charge in [-0.3, -0.25) is 0 Å². The Balaban J connectivity index is 2.62. The number of esters is 1. The van der Waals surface area contributed by atoms with Gasteiger partial charge in [-0.05, 0) is 19.4 Å². The summed E-state index contributed by atoms with van der Waals surface area (Å²) in [6, 6.07) is 0. The smallest absolute Gasteiger partial charge is 0.340 e. The highest BCUT2D eigenvalue weighted by Crippen LogP contribution is 2.30. The molecule has 1 aliphatic heterocycles. The molecule has 2 nitrogen and oxygen atoms in total. The lowest BCUT2D eigenvalue weighted by molar-refractivity contribution is -0.133. The Morgan fingerprint density at radius 2 is 2.19 bits per heavy atom. The zero-order valence-electron chi connectivity index (χ0n) is 9.56. The molecule has 0 aromatic heterocycles. The van der Waals surface area contributed by atoms with Gasteiger partial charge in [0.15, 0.2) is 0 Å². The van der Waals surface area contributed by atoms with Crippen molar-refractivity contribution in [2.75, 3.05) is 0 Å². The summed E-state index contributed by atoms with van der Waals surface area (Å²) in [6.45, 7) is 4.03. The molecule has 0 aromatic rings. The van der Waals surface area contributed by atoms with E-state index in [1.165, 1.54) is 12.8 Å². The van der Waals surface area contributed by atoms with Crippen LogP contribution in [0, 0.1) is 0 Å². The molecule has 0 radical (unpaired) electrons. The van der Waals surface area contributed by atoms with Crippen molar-refractivity contribution < 1.29 is 9.53 Å². The van der Waals surface area contributed by atoms with Gasteiger partial charge in [-0.1, -0.05) is 58.0 Å². The Hall–Kier alpha value is -0.0900. The summed E-state index contributed by atoms with van der Waals surface area (Å²) in [5, 5.41) is 0. The highest BCUT2D eigenvalue weighted by Gasteiger charge is 2.27. The number of carbonyl (C=O) groups is 1. The molecule has 0 aliphatic carbocycles. The topological polar surface area (TPSA) is 26.3 Å². The lowest BCUT2D eigenvalue weighted by atomic mass is 10.1. The lowest BCUT2D eigenvalue weighted by Crippen LogP contribution is -2.10. The van der Waals surface area contributed by atoms with Crippen molar-refractivity contribution in [2.24, 2.45) is 0 Å². The van der Waals surface area contributed by atoms with E-state index in [-0.39, 0.29) is 10.8 Å². The summed E-state index contributed by atoms with van der Waals surface area (Å²) in [7, 11) is 0. The molecule has 0 saturated heterocycles. The molecule has 0 saturated carbocycles. The molecule has 4 heteroatoms. The molecule has 1 heterocycles. The van der Waals surface area contributed by atoms with Gasteiger partial charge in [-0.15, -0.1) is 0 Å². The number of alkyl halides is 1. The van der Waals surface area contributed by atoms with Gasteiger partial charge in [0, 0.05) is 9.31 Å². The van der Waals surface area contributed by atoms with Gasteiger partial charge >= 0.3 is 5.97 Å². The second-order valence-electron chi connectivity index (χ2n) is 3.85. The molecule has 0 aromatic carbocycles. The molecule has 0 amide bonds. The molecule has 0 spiro atoms. The van der Waals surface area contributed by atoms with Gasteiger partial charge in [0.05, 0.1) is 5.57 Å². The third kappa shape index (κ3) is 3.74. The Morgan fingerprint density at radius 1 is 1.50 bits per heavy atom. The van der Waals surface area contributed by atoms with Crippen LogP contribution in [0.25, 0.3) is 0 Å². The number of allylic oxidation sites excluding steroid dienone is 2. The summed E-state index contributed by atoms with van der Waals surface area (Å²) in [5.41, 5.74) is 0.727. The number of cyclic esters (lactones) is 1. The fourth-order valence-electron chi connectivity index (χ4n) is 1.51. The average molecular weight is 352 g/mol. The lowest BCUT2D eigenvalue weighted by Gasteiger charge is -2.07. The molecular weight excluding hydrogens is 336 g/mol. The number of rotatable bonds is 5. The summed E-state index contributed by atoms with van der Waals surface area (Å²) < 4.78 is 5.99. The van der Waals surface area contributed by atoms with E-state index in [2.05, 4.69) is 38.8 Å². The molecule has 1 aliphatic rings. The Bertz CT molecular complexity index is 328. The maximum Gasteiger partial charge on any atom is 0.340 e. The maximum absolute atomic E-state index is 11.6. The van der Waals surface area contributed by atoms with Crippen LogP contribution in [-0.2, 0) is 9.53 Å². The van der Waals surface area contributed by atoms with Crippen LogP contribution in [0.2, 0.25) is 0 Å². The first-order chi connectivity index (χ1) is 7.56. The molecule has 90 valence electrons. The summed E-state index contributed by atoms with van der Waals surface area (Å²) in [5.74, 6) is 0.395. The Labute approximate surface area is 113 Å². The van der Waals surface area contributed by atoms with E-state index in [9.17, 15) is 4.79 Å². The molecule has 1 atom stereocenters. The predicted molar refractivity (Wildman–Crippen MR) is 72.7 cm³/mol. The second-order valence-corrected chi connectivity index (χ2v) is 6.15. The van der Waals surface area contributed by atoms with E-state index >= 15 is 0 Å². The summed E-state index contributed by atoms with van der Waals surface area (Å²) in [4.78, 5) is 11.7. The van der Waals surface area contributed by atoms with Crippen molar-refractivity contribution in [1.82, 2.24) is 0 Å². The zero-order valence-corrected chi connectivity index (χ0v) is 12.7. The maximum atomic E-state index is 11.6. The van der Waals surface area contributed by atoms with Crippen LogP contribution < -0.4 is 0 Å². The third-order valence-electron chi connectivity index (χ3n) is 2.46. The molecular formula is C12H16Br2O2. The van der Waals surface area contributed by atoms with Gasteiger partial charge in [0.2, 0.25) is 0 Å². The predicted octanol–water partition coefficient (Wildman–Crippen LogP) is 4.44. The number of unbranched alkanes of at least 4 members (excludes halogenated alkanes) is 2. The Morgan fingerprint density at radius 3 is 2.69 bits per heavy atom. The van der Waals surface area contributed by atoms with Gasteiger partial charge in [-0.2, -0.15) is 0 Å². The molecule has 1 rings (SSSR count). The fourth-order valence-corrected chi connectivity index (χ4v) is 2.34. The largest absolute Gasteiger partial charge is 0.422 e. The summed E-state index contributed by atoms with van der Waals surface area (Å²) in [6.07, 6.45) is 6.31. The van der Waals surface area contributed by atoms with Crippen LogP contribution in [-0.4, -0.2) is 10.8 Å². The number of halogens is 2. The standard InChI is InChI=1S/C12H16Br2O2/c1-3-4-5-6-10(14)9-7-11(8(2)13)16-12(9)15/h7,10H,3-6H2,1-2H3/b11-8-. The van der Waals surface area contributed by atoms with Crippen LogP contribution >= 0.6 is 31.9 Å². The normalized spacial score (nSPS) is 20.5. The van der Waals surface area contributed by atoms with Crippen molar-refractivity contribution in [3.05, 3.63) is 21.9 Å². The van der Waals surface area contributed by atoms with Crippen molar-refractivity contribution >= 4 is 37.8 Å². The van der Waals surface area contributed by atoms with E-state index < -0.39 is 0 Å². The number of ether oxygens (including phenoxy) is 1.